The van der Waals surface area contributed by atoms with Gasteiger partial charge in [-0.1, -0.05) is 25.5 Å². The predicted molar refractivity (Wildman–Crippen MR) is 99.2 cm³/mol. The fourth-order valence-corrected chi connectivity index (χ4v) is 2.17. The number of benzene rings is 2. The molecule has 0 aliphatic rings. The highest BCUT2D eigenvalue weighted by Gasteiger charge is 2.05. The highest BCUT2D eigenvalue weighted by Crippen LogP contribution is 2.28. The fourth-order valence-electron chi connectivity index (χ4n) is 2.17. The van der Waals surface area contributed by atoms with Crippen molar-refractivity contribution in [3.63, 3.8) is 0 Å². The number of phenolic OH excluding ortho intramolecular Hbond substituents is 1. The molecule has 0 atom stereocenters. The average molecular weight is 341 g/mol. The van der Waals surface area contributed by atoms with Gasteiger partial charge in [0.1, 0.15) is 5.75 Å². The number of carbonyl (C=O) groups excluding carboxylic acids is 1. The molecule has 132 valence electrons. The molecule has 0 aliphatic carbocycles. The van der Waals surface area contributed by atoms with E-state index in [0.29, 0.717) is 23.8 Å². The number of carbonyl (C=O) groups is 1. The van der Waals surface area contributed by atoms with Gasteiger partial charge in [0.15, 0.2) is 11.5 Å². The number of anilines is 1. The summed E-state index contributed by atoms with van der Waals surface area (Å²) < 4.78 is 11.0. The summed E-state index contributed by atoms with van der Waals surface area (Å²) in [6.07, 6.45) is 5.17. The van der Waals surface area contributed by atoms with E-state index in [-0.39, 0.29) is 11.7 Å². The maximum atomic E-state index is 12.0. The molecule has 25 heavy (non-hydrogen) atoms. The number of amides is 1. The van der Waals surface area contributed by atoms with Crippen LogP contribution in [0.3, 0.4) is 0 Å². The normalized spacial score (nSPS) is 10.6. The van der Waals surface area contributed by atoms with E-state index in [4.69, 9.17) is 9.47 Å². The van der Waals surface area contributed by atoms with Crippen LogP contribution < -0.4 is 14.8 Å². The SMILES string of the molecule is CCCCOc1ccc(/C=C/C(=O)Nc2cccc(O)c2)cc1OC. The number of nitrogens with one attached hydrogen (secondary N) is 1. The van der Waals surface area contributed by atoms with Gasteiger partial charge in [-0.3, -0.25) is 4.79 Å². The van der Waals surface area contributed by atoms with Crippen molar-refractivity contribution < 1.29 is 19.4 Å². The predicted octanol–water partition coefficient (Wildman–Crippen LogP) is 4.23. The Bertz CT molecular complexity index is 740. The molecule has 0 radical (unpaired) electrons. The third kappa shape index (κ3) is 5.88. The first-order chi connectivity index (χ1) is 12.1. The quantitative estimate of drug-likeness (QED) is 0.557. The maximum Gasteiger partial charge on any atom is 0.248 e. The Labute approximate surface area is 147 Å². The molecule has 5 nitrogen and oxygen atoms in total. The zero-order valence-corrected chi connectivity index (χ0v) is 14.5. The number of unbranched alkanes of at least 4 members (excludes halogenated alkanes) is 1. The average Bonchev–Trinajstić information content (AvgIpc) is 2.61. The lowest BCUT2D eigenvalue weighted by molar-refractivity contribution is -0.111. The van der Waals surface area contributed by atoms with Crippen molar-refractivity contribution in [2.24, 2.45) is 0 Å². The Hall–Kier alpha value is -2.95. The van der Waals surface area contributed by atoms with E-state index < -0.39 is 0 Å². The largest absolute Gasteiger partial charge is 0.508 e. The first-order valence-electron chi connectivity index (χ1n) is 8.21. The van der Waals surface area contributed by atoms with Crippen molar-refractivity contribution in [3.05, 3.63) is 54.1 Å². The van der Waals surface area contributed by atoms with Gasteiger partial charge in [-0.25, -0.2) is 0 Å². The molecule has 2 rings (SSSR count). The second-order valence-corrected chi connectivity index (χ2v) is 5.49. The van der Waals surface area contributed by atoms with Crippen LogP contribution in [0.15, 0.2) is 48.5 Å². The van der Waals surface area contributed by atoms with Crippen LogP contribution in [0.5, 0.6) is 17.2 Å². The molecule has 0 fully saturated rings. The standard InChI is InChI=1S/C20H23NO4/c1-3-4-12-25-18-10-8-15(13-19(18)24-2)9-11-20(23)21-16-6-5-7-17(22)14-16/h5-11,13-14,22H,3-4,12H2,1-2H3,(H,21,23)/b11-9+. The number of ether oxygens (including phenoxy) is 2. The van der Waals surface area contributed by atoms with Crippen LogP contribution >= 0.6 is 0 Å². The molecule has 1 amide bonds. The molecule has 0 saturated carbocycles. The van der Waals surface area contributed by atoms with Gasteiger partial charge in [0, 0.05) is 17.8 Å². The van der Waals surface area contributed by atoms with E-state index in [2.05, 4.69) is 12.2 Å². The van der Waals surface area contributed by atoms with E-state index >= 15 is 0 Å². The number of aromatic hydroxyl groups is 1. The van der Waals surface area contributed by atoms with E-state index in [1.165, 1.54) is 12.1 Å². The van der Waals surface area contributed by atoms with Crippen LogP contribution in [0.25, 0.3) is 6.08 Å². The molecule has 2 aromatic rings. The molecule has 0 aromatic heterocycles. The first-order valence-corrected chi connectivity index (χ1v) is 8.21. The van der Waals surface area contributed by atoms with Gasteiger partial charge in [-0.15, -0.1) is 0 Å². The third-order valence-corrected chi connectivity index (χ3v) is 3.48. The summed E-state index contributed by atoms with van der Waals surface area (Å²) in [5, 5.41) is 12.1. The summed E-state index contributed by atoms with van der Waals surface area (Å²) in [5.74, 6) is 1.14. The highest BCUT2D eigenvalue weighted by molar-refractivity contribution is 6.02. The number of hydrogen-bond donors (Lipinski definition) is 2. The molecule has 0 heterocycles. The smallest absolute Gasteiger partial charge is 0.248 e. The summed E-state index contributed by atoms with van der Waals surface area (Å²) >= 11 is 0. The molecule has 0 bridgehead atoms. The third-order valence-electron chi connectivity index (χ3n) is 3.48. The van der Waals surface area contributed by atoms with Crippen LogP contribution in [0.1, 0.15) is 25.3 Å². The minimum atomic E-state index is -0.284. The fraction of sp³-hybridized carbons (Fsp3) is 0.250. The summed E-state index contributed by atoms with van der Waals surface area (Å²) in [6, 6.07) is 11.9. The minimum absolute atomic E-state index is 0.102. The summed E-state index contributed by atoms with van der Waals surface area (Å²) in [5.41, 5.74) is 1.36. The van der Waals surface area contributed by atoms with Crippen LogP contribution in [0, 0.1) is 0 Å². The zero-order valence-electron chi connectivity index (χ0n) is 14.5. The van der Waals surface area contributed by atoms with Gasteiger partial charge in [0.25, 0.3) is 0 Å². The number of phenols is 1. The van der Waals surface area contributed by atoms with Gasteiger partial charge in [0.2, 0.25) is 5.91 Å². The van der Waals surface area contributed by atoms with Gasteiger partial charge < -0.3 is 19.9 Å². The van der Waals surface area contributed by atoms with Gasteiger partial charge in [0.05, 0.1) is 13.7 Å². The number of methoxy groups -OCH3 is 1. The van der Waals surface area contributed by atoms with Crippen molar-refractivity contribution in [3.8, 4) is 17.2 Å². The highest BCUT2D eigenvalue weighted by atomic mass is 16.5. The van der Waals surface area contributed by atoms with E-state index in [1.807, 2.05) is 18.2 Å². The topological polar surface area (TPSA) is 67.8 Å². The summed E-state index contributed by atoms with van der Waals surface area (Å²) in [6.45, 7) is 2.75. The molecule has 0 unspecified atom stereocenters. The molecule has 2 aromatic carbocycles. The van der Waals surface area contributed by atoms with Crippen LogP contribution in [0.4, 0.5) is 5.69 Å². The van der Waals surface area contributed by atoms with Crippen molar-refractivity contribution >= 4 is 17.7 Å². The molecule has 0 aliphatic heterocycles. The van der Waals surface area contributed by atoms with Crippen LogP contribution in [-0.4, -0.2) is 24.7 Å². The van der Waals surface area contributed by atoms with Crippen molar-refractivity contribution in [2.75, 3.05) is 19.0 Å². The second-order valence-electron chi connectivity index (χ2n) is 5.49. The van der Waals surface area contributed by atoms with E-state index in [9.17, 15) is 9.90 Å². The van der Waals surface area contributed by atoms with Crippen molar-refractivity contribution in [2.45, 2.75) is 19.8 Å². The molecule has 5 heteroatoms. The van der Waals surface area contributed by atoms with Gasteiger partial charge in [-0.2, -0.15) is 0 Å². The van der Waals surface area contributed by atoms with Crippen LogP contribution in [-0.2, 0) is 4.79 Å². The first kappa shape index (κ1) is 18.4. The Morgan fingerprint density at radius 3 is 2.76 bits per heavy atom. The van der Waals surface area contributed by atoms with Crippen molar-refractivity contribution in [1.82, 2.24) is 0 Å². The number of hydrogen-bond acceptors (Lipinski definition) is 4. The minimum Gasteiger partial charge on any atom is -0.508 e. The molecule has 2 N–H and O–H groups in total. The Morgan fingerprint density at radius 1 is 1.20 bits per heavy atom. The lowest BCUT2D eigenvalue weighted by atomic mass is 10.2. The van der Waals surface area contributed by atoms with Gasteiger partial charge in [-0.05, 0) is 42.3 Å². The molecule has 0 saturated heterocycles. The lowest BCUT2D eigenvalue weighted by Crippen LogP contribution is -2.07. The monoisotopic (exact) mass is 341 g/mol. The van der Waals surface area contributed by atoms with Gasteiger partial charge >= 0.3 is 0 Å². The Balaban J connectivity index is 2.01. The lowest BCUT2D eigenvalue weighted by Gasteiger charge is -2.11. The van der Waals surface area contributed by atoms with Crippen LogP contribution in [0.2, 0.25) is 0 Å². The summed E-state index contributed by atoms with van der Waals surface area (Å²) in [7, 11) is 1.59. The second kappa shape index (κ2) is 9.37. The molecular weight excluding hydrogens is 318 g/mol. The maximum absolute atomic E-state index is 12.0. The Kier molecular flexibility index (Phi) is 6.89. The zero-order chi connectivity index (χ0) is 18.1. The Morgan fingerprint density at radius 2 is 2.04 bits per heavy atom. The molecular formula is C20H23NO4. The van der Waals surface area contributed by atoms with E-state index in [0.717, 1.165) is 18.4 Å². The molecule has 0 spiro atoms. The summed E-state index contributed by atoms with van der Waals surface area (Å²) in [4.78, 5) is 12.0. The van der Waals surface area contributed by atoms with E-state index in [1.54, 1.807) is 31.4 Å². The van der Waals surface area contributed by atoms with Crippen molar-refractivity contribution in [1.29, 1.82) is 0 Å². The number of rotatable bonds is 8.